The van der Waals surface area contributed by atoms with E-state index in [2.05, 4.69) is 185 Å². The fourth-order valence-corrected chi connectivity index (χ4v) is 19.9. The molecule has 18 aromatic rings. The third kappa shape index (κ3) is 15.7. The Morgan fingerprint density at radius 1 is 0.328 bits per heavy atom. The van der Waals surface area contributed by atoms with E-state index in [0.717, 1.165) is 223 Å². The molecule has 0 atom stereocenters. The summed E-state index contributed by atoms with van der Waals surface area (Å²) in [4.78, 5) is 62.5. The first-order chi connectivity index (χ1) is 62.9. The third-order valence-electron chi connectivity index (χ3n) is 27.2. The minimum atomic E-state index is -0.260. The van der Waals surface area contributed by atoms with E-state index in [4.69, 9.17) is 51.8 Å². The van der Waals surface area contributed by atoms with Crippen molar-refractivity contribution in [3.63, 3.8) is 0 Å². The molecule has 128 heavy (non-hydrogen) atoms. The number of nitrogen functional groups attached to an aromatic ring is 3. The number of benzene rings is 8. The van der Waals surface area contributed by atoms with Gasteiger partial charge in [-0.1, -0.05) is 170 Å². The predicted octanol–water partition coefficient (Wildman–Crippen LogP) is 19.0. The van der Waals surface area contributed by atoms with Crippen LogP contribution < -0.4 is 21.9 Å². The summed E-state index contributed by atoms with van der Waals surface area (Å²) < 4.78 is 40.1. The lowest BCUT2D eigenvalue weighted by molar-refractivity contribution is 0.0364. The summed E-state index contributed by atoms with van der Waals surface area (Å²) in [5.41, 5.74) is 38.5. The SMILES string of the molecule is Nc1nccn2c(C3CC(N4CCC(Oc5ncccn5)CC4)C3)nc(-c3ccc4ccc(-c5ccccc5)nc4c3)c12.Nc1nccn2c(C3CC(N4CCC4)C3)nc(-c3ccc4ccc(-c5ccccc5)nc4c3)c12.Nc1nccn2c(C3CC(N4CCN(C(c5ccc(F)cc5)c5ccc(F)cc5)CC4)C3)nc(-c3ccc4ccc(-c5ccccc5)nc4c3)c12. The number of halogens is 2. The molecule has 3 saturated carbocycles. The van der Waals surface area contributed by atoms with E-state index in [-0.39, 0.29) is 23.8 Å². The minimum absolute atomic E-state index is 0.0634. The molecule has 10 aromatic heterocycles. The zero-order chi connectivity index (χ0) is 85.9. The van der Waals surface area contributed by atoms with Gasteiger partial charge in [-0.3, -0.25) is 23.0 Å². The number of rotatable bonds is 17. The largest absolute Gasteiger partial charge is 0.460 e. The molecule has 13 heterocycles. The molecule has 3 saturated heterocycles. The molecule has 24 rings (SSSR count). The molecule has 0 amide bonds. The van der Waals surface area contributed by atoms with Crippen LogP contribution in [0.15, 0.2) is 286 Å². The first-order valence-corrected chi connectivity index (χ1v) is 44.6. The molecule has 3 aliphatic carbocycles. The smallest absolute Gasteiger partial charge is 0.316 e. The van der Waals surface area contributed by atoms with Crippen molar-refractivity contribution in [3.05, 3.63) is 326 Å². The summed E-state index contributed by atoms with van der Waals surface area (Å²) in [6.07, 6.45) is 24.7. The van der Waals surface area contributed by atoms with Gasteiger partial charge in [0.15, 0.2) is 0 Å². The molecular formula is C104H95F2N21O. The van der Waals surface area contributed by atoms with Crippen LogP contribution in [-0.2, 0) is 0 Å². The standard InChI is InChI=1S/C42H37F2N7.C34H32N8O.C28H26N6/c43-33-13-8-29(9-14-33)39(30-10-15-34(44)16-11-30)50-22-20-49(21-23-50)35-24-32(25-35)42-48-38(40-41(45)46-18-19-51(40)42)31-7-6-28-12-17-36(47-37(28)26-31)27-4-2-1-3-5-27;35-32-31-30(24-8-7-23-9-10-28(39-29(23)21-24)22-5-2-1-3-6-22)40-33(42(31)18-15-36-32)25-19-26(20-25)41-16-11-27(12-17-41)43-34-37-13-4-14-38-34;29-27-26-25(32-28(34(26)14-11-30-27)21-15-22(16-21)33-12-4-13-33)20-8-7-19-9-10-23(31-24(19)17-20)18-5-2-1-3-6-18/h1-19,26,32,35,39H,20-25H2,(H2,45,46);1-10,13-15,18,21,25-27H,11-12,16-17,19-20H2,(H2,35,36);1-3,5-11,14,17,21-22H,4,12-13,15-16H2,(H2,29,30). The maximum absolute atomic E-state index is 13.8. The van der Waals surface area contributed by atoms with Crippen LogP contribution in [0.4, 0.5) is 26.2 Å². The van der Waals surface area contributed by atoms with E-state index >= 15 is 0 Å². The molecule has 0 bridgehead atoms. The van der Waals surface area contributed by atoms with Crippen molar-refractivity contribution in [1.29, 1.82) is 0 Å². The van der Waals surface area contributed by atoms with Gasteiger partial charge in [-0.25, -0.2) is 63.6 Å². The number of fused-ring (bicyclic) bond motifs is 6. The van der Waals surface area contributed by atoms with Crippen LogP contribution in [0.2, 0.25) is 0 Å². The van der Waals surface area contributed by atoms with Gasteiger partial charge in [0.25, 0.3) is 0 Å². The average molecular weight is 1690 g/mol. The number of nitrogens with zero attached hydrogens (tertiary/aromatic N) is 18. The van der Waals surface area contributed by atoms with Gasteiger partial charge in [0.2, 0.25) is 0 Å². The number of piperazine rings is 1. The van der Waals surface area contributed by atoms with Crippen molar-refractivity contribution >= 4 is 66.7 Å². The van der Waals surface area contributed by atoms with Gasteiger partial charge in [0.1, 0.15) is 86.3 Å². The average Bonchev–Trinajstić information content (AvgIpc) is 1.60. The fraction of sp³-hybridized carbons (Fsp3) is 0.240. The summed E-state index contributed by atoms with van der Waals surface area (Å²) in [5.74, 6) is 5.23. The van der Waals surface area contributed by atoms with Crippen molar-refractivity contribution in [2.24, 2.45) is 0 Å². The van der Waals surface area contributed by atoms with Crippen LogP contribution in [0, 0.1) is 11.6 Å². The number of likely N-dealkylation sites (tertiary alicyclic amines) is 2. The Labute approximate surface area is 738 Å². The lowest BCUT2D eigenvalue weighted by Crippen LogP contribution is -2.54. The zero-order valence-corrected chi connectivity index (χ0v) is 70.7. The number of pyridine rings is 3. The van der Waals surface area contributed by atoms with Gasteiger partial charge < -0.3 is 31.7 Å². The normalized spacial score (nSPS) is 19.3. The highest BCUT2D eigenvalue weighted by Gasteiger charge is 2.43. The van der Waals surface area contributed by atoms with Crippen LogP contribution in [-0.4, -0.2) is 164 Å². The van der Waals surface area contributed by atoms with Crippen LogP contribution in [0.25, 0.3) is 117 Å². The second-order valence-electron chi connectivity index (χ2n) is 34.8. The van der Waals surface area contributed by atoms with Crippen molar-refractivity contribution in [2.45, 2.75) is 106 Å². The zero-order valence-electron chi connectivity index (χ0n) is 70.7. The number of piperidine rings is 1. The third-order valence-corrected chi connectivity index (χ3v) is 27.2. The second-order valence-corrected chi connectivity index (χ2v) is 34.8. The predicted molar refractivity (Wildman–Crippen MR) is 499 cm³/mol. The Balaban J connectivity index is 0.000000115. The van der Waals surface area contributed by atoms with Gasteiger partial charge >= 0.3 is 6.01 Å². The summed E-state index contributed by atoms with van der Waals surface area (Å²) in [7, 11) is 0. The minimum Gasteiger partial charge on any atom is -0.460 e. The molecule has 0 unspecified atom stereocenters. The fourth-order valence-electron chi connectivity index (χ4n) is 19.9. The quantitative estimate of drug-likeness (QED) is 0.0765. The lowest BCUT2D eigenvalue weighted by atomic mass is 9.77. The molecule has 3 aliphatic heterocycles. The van der Waals surface area contributed by atoms with Crippen LogP contribution >= 0.6 is 0 Å². The van der Waals surface area contributed by atoms with Crippen molar-refractivity contribution in [2.75, 3.05) is 69.6 Å². The molecule has 6 N–H and O–H groups in total. The van der Waals surface area contributed by atoms with Gasteiger partial charge in [-0.15, -0.1) is 0 Å². The van der Waals surface area contributed by atoms with E-state index in [0.29, 0.717) is 59.3 Å². The van der Waals surface area contributed by atoms with E-state index in [1.807, 2.05) is 97.5 Å². The topological polar surface area (TPSA) is 255 Å². The Kier molecular flexibility index (Phi) is 21.4. The van der Waals surface area contributed by atoms with E-state index in [1.54, 1.807) is 37.1 Å². The Morgan fingerprint density at radius 3 is 1.02 bits per heavy atom. The first kappa shape index (κ1) is 79.7. The Morgan fingerprint density at radius 2 is 0.672 bits per heavy atom. The maximum atomic E-state index is 13.8. The highest BCUT2D eigenvalue weighted by molar-refractivity contribution is 5.95. The summed E-state index contributed by atoms with van der Waals surface area (Å²) in [6, 6.07) is 79.7. The van der Waals surface area contributed by atoms with Crippen LogP contribution in [0.1, 0.15) is 110 Å². The summed E-state index contributed by atoms with van der Waals surface area (Å²) in [5, 5.41) is 3.26. The molecule has 8 aromatic carbocycles. The molecule has 22 nitrogen and oxygen atoms in total. The monoisotopic (exact) mass is 1690 g/mol. The van der Waals surface area contributed by atoms with Crippen molar-refractivity contribution in [3.8, 4) is 73.6 Å². The number of hydrogen-bond acceptors (Lipinski definition) is 19. The number of ether oxygens (including phenoxy) is 1. The van der Waals surface area contributed by atoms with E-state index < -0.39 is 0 Å². The van der Waals surface area contributed by atoms with Gasteiger partial charge in [-0.05, 0) is 149 Å². The van der Waals surface area contributed by atoms with Gasteiger partial charge in [0, 0.05) is 174 Å². The molecule has 636 valence electrons. The molecule has 6 aliphatic rings. The molecule has 24 heteroatoms. The Bertz CT molecular complexity index is 7020. The van der Waals surface area contributed by atoms with Gasteiger partial charge in [-0.2, -0.15) is 0 Å². The molecule has 0 spiro atoms. The Hall–Kier alpha value is -14.2. The van der Waals surface area contributed by atoms with Crippen LogP contribution in [0.3, 0.4) is 0 Å². The van der Waals surface area contributed by atoms with Gasteiger partial charge in [0.05, 0.1) is 39.7 Å². The summed E-state index contributed by atoms with van der Waals surface area (Å²) >= 11 is 0. The lowest BCUT2D eigenvalue weighted by Gasteiger charge is -2.47. The summed E-state index contributed by atoms with van der Waals surface area (Å²) in [6.45, 7) is 8.12. The molecule has 6 fully saturated rings. The highest BCUT2D eigenvalue weighted by Crippen LogP contribution is 2.48. The number of nitrogens with two attached hydrogens (primary N) is 3. The molecule has 0 radical (unpaired) electrons. The maximum Gasteiger partial charge on any atom is 0.316 e. The van der Waals surface area contributed by atoms with Crippen molar-refractivity contribution in [1.82, 2.24) is 87.6 Å². The number of aromatic nitrogens is 14. The highest BCUT2D eigenvalue weighted by atomic mass is 19.1. The van der Waals surface area contributed by atoms with Crippen LogP contribution in [0.5, 0.6) is 6.01 Å². The number of anilines is 3. The van der Waals surface area contributed by atoms with Crippen molar-refractivity contribution < 1.29 is 13.5 Å². The second kappa shape index (κ2) is 34.3. The molecular weight excluding hydrogens is 1600 g/mol. The van der Waals surface area contributed by atoms with E-state index in [9.17, 15) is 8.78 Å². The first-order valence-electron chi connectivity index (χ1n) is 44.6. The number of hydrogen-bond donors (Lipinski definition) is 3. The van der Waals surface area contributed by atoms with E-state index in [1.165, 1.54) is 56.6 Å². The number of imidazole rings is 3.